The van der Waals surface area contributed by atoms with Gasteiger partial charge in [0.25, 0.3) is 0 Å². The van der Waals surface area contributed by atoms with Crippen LogP contribution in [0.2, 0.25) is 0 Å². The molecule has 90 valence electrons. The molecule has 2 rings (SSSR count). The molecule has 0 saturated heterocycles. The van der Waals surface area contributed by atoms with Gasteiger partial charge < -0.3 is 5.32 Å². The smallest absolute Gasteiger partial charge is 0.191 e. The predicted molar refractivity (Wildman–Crippen MR) is 65.3 cm³/mol. The molecular weight excluding hydrogens is 214 g/mol. The van der Waals surface area contributed by atoms with Crippen LogP contribution in [0.5, 0.6) is 0 Å². The highest BCUT2D eigenvalue weighted by molar-refractivity contribution is 5.32. The Hall–Kier alpha value is -1.75. The maximum Gasteiger partial charge on any atom is 0.191 e. The predicted octanol–water partition coefficient (Wildman–Crippen LogP) is 1.67. The monoisotopic (exact) mass is 231 g/mol. The van der Waals surface area contributed by atoms with Gasteiger partial charge in [-0.3, -0.25) is 0 Å². The third kappa shape index (κ3) is 2.68. The number of aromatic amines is 1. The van der Waals surface area contributed by atoms with E-state index in [1.54, 1.807) is 0 Å². The molecule has 0 aliphatic rings. The zero-order valence-corrected chi connectivity index (χ0v) is 10.4. The van der Waals surface area contributed by atoms with E-state index in [1.807, 2.05) is 6.92 Å². The van der Waals surface area contributed by atoms with Crippen LogP contribution in [0.25, 0.3) is 0 Å². The van der Waals surface area contributed by atoms with E-state index in [2.05, 4.69) is 58.0 Å². The minimum absolute atomic E-state index is 0.0914. The molecule has 5 heteroatoms. The van der Waals surface area contributed by atoms with Gasteiger partial charge in [0, 0.05) is 6.54 Å². The summed E-state index contributed by atoms with van der Waals surface area (Å²) in [7, 11) is 0. The molecule has 0 amide bonds. The van der Waals surface area contributed by atoms with Crippen molar-refractivity contribution in [2.75, 3.05) is 0 Å². The van der Waals surface area contributed by atoms with Crippen molar-refractivity contribution in [3.8, 4) is 0 Å². The van der Waals surface area contributed by atoms with Gasteiger partial charge in [0.05, 0.1) is 6.04 Å². The van der Waals surface area contributed by atoms with E-state index in [0.29, 0.717) is 5.82 Å². The van der Waals surface area contributed by atoms with Crippen LogP contribution in [0, 0.1) is 13.8 Å². The molecular formula is C12H17N5. The molecule has 0 fully saturated rings. The Bertz CT molecular complexity index is 478. The van der Waals surface area contributed by atoms with E-state index in [1.165, 1.54) is 16.7 Å². The summed E-state index contributed by atoms with van der Waals surface area (Å²) in [5.41, 5.74) is 3.96. The Balaban J connectivity index is 2.00. The van der Waals surface area contributed by atoms with Gasteiger partial charge in [-0.1, -0.05) is 23.4 Å². The van der Waals surface area contributed by atoms with Crippen molar-refractivity contribution in [1.82, 2.24) is 25.9 Å². The van der Waals surface area contributed by atoms with Crippen LogP contribution in [0.15, 0.2) is 18.2 Å². The van der Waals surface area contributed by atoms with E-state index < -0.39 is 0 Å². The molecule has 17 heavy (non-hydrogen) atoms. The second-order valence-electron chi connectivity index (χ2n) is 4.23. The standard InChI is InChI=1S/C12H17N5/c1-8-5-4-6-11(9(8)2)7-13-10(3)12-14-16-17-15-12/h4-6,10,13H,7H2,1-3H3,(H,14,15,16,17). The Morgan fingerprint density at radius 2 is 2.18 bits per heavy atom. The van der Waals surface area contributed by atoms with E-state index in [-0.39, 0.29) is 6.04 Å². The zero-order valence-electron chi connectivity index (χ0n) is 10.4. The van der Waals surface area contributed by atoms with Crippen LogP contribution in [-0.2, 0) is 6.54 Å². The summed E-state index contributed by atoms with van der Waals surface area (Å²) in [5, 5.41) is 17.3. The van der Waals surface area contributed by atoms with Crippen LogP contribution in [0.4, 0.5) is 0 Å². The van der Waals surface area contributed by atoms with E-state index >= 15 is 0 Å². The van der Waals surface area contributed by atoms with Crippen molar-refractivity contribution in [3.63, 3.8) is 0 Å². The summed E-state index contributed by atoms with van der Waals surface area (Å²) in [6, 6.07) is 6.44. The molecule has 0 radical (unpaired) electrons. The number of tetrazole rings is 1. The van der Waals surface area contributed by atoms with Gasteiger partial charge in [0.2, 0.25) is 0 Å². The number of rotatable bonds is 4. The highest BCUT2D eigenvalue weighted by Crippen LogP contribution is 2.13. The first-order valence-electron chi connectivity index (χ1n) is 5.70. The third-order valence-electron chi connectivity index (χ3n) is 3.06. The number of aryl methyl sites for hydroxylation is 1. The quantitative estimate of drug-likeness (QED) is 0.840. The molecule has 5 nitrogen and oxygen atoms in total. The average Bonchev–Trinajstić information content (AvgIpc) is 2.84. The molecule has 0 saturated carbocycles. The third-order valence-corrected chi connectivity index (χ3v) is 3.06. The number of aromatic nitrogens is 4. The minimum atomic E-state index is 0.0914. The average molecular weight is 231 g/mol. The summed E-state index contributed by atoms with van der Waals surface area (Å²) in [5.74, 6) is 0.690. The summed E-state index contributed by atoms with van der Waals surface area (Å²) in [4.78, 5) is 0. The van der Waals surface area contributed by atoms with Crippen molar-refractivity contribution in [2.45, 2.75) is 33.4 Å². The fourth-order valence-electron chi connectivity index (χ4n) is 1.71. The molecule has 0 aliphatic heterocycles. The molecule has 0 bridgehead atoms. The van der Waals surface area contributed by atoms with Crippen LogP contribution in [-0.4, -0.2) is 20.6 Å². The Morgan fingerprint density at radius 3 is 2.88 bits per heavy atom. The molecule has 2 aromatic rings. The lowest BCUT2D eigenvalue weighted by Gasteiger charge is -2.12. The minimum Gasteiger partial charge on any atom is -0.303 e. The van der Waals surface area contributed by atoms with Crippen LogP contribution >= 0.6 is 0 Å². The van der Waals surface area contributed by atoms with Gasteiger partial charge in [-0.05, 0) is 37.5 Å². The SMILES string of the molecule is Cc1cccc(CNC(C)c2nn[nH]n2)c1C. The Morgan fingerprint density at radius 1 is 1.35 bits per heavy atom. The maximum absolute atomic E-state index is 3.96. The molecule has 1 aromatic carbocycles. The highest BCUT2D eigenvalue weighted by Gasteiger charge is 2.10. The largest absolute Gasteiger partial charge is 0.303 e. The number of nitrogens with one attached hydrogen (secondary N) is 2. The van der Waals surface area contributed by atoms with Crippen molar-refractivity contribution in [3.05, 3.63) is 40.7 Å². The van der Waals surface area contributed by atoms with Crippen LogP contribution in [0.3, 0.4) is 0 Å². The fraction of sp³-hybridized carbons (Fsp3) is 0.417. The van der Waals surface area contributed by atoms with Gasteiger partial charge in [0.15, 0.2) is 5.82 Å². The topological polar surface area (TPSA) is 66.5 Å². The summed E-state index contributed by atoms with van der Waals surface area (Å²) >= 11 is 0. The molecule has 0 spiro atoms. The lowest BCUT2D eigenvalue weighted by Crippen LogP contribution is -2.20. The molecule has 1 unspecified atom stereocenters. The van der Waals surface area contributed by atoms with Crippen molar-refractivity contribution in [1.29, 1.82) is 0 Å². The van der Waals surface area contributed by atoms with Gasteiger partial charge in [0.1, 0.15) is 0 Å². The highest BCUT2D eigenvalue weighted by atomic mass is 15.5. The van der Waals surface area contributed by atoms with E-state index in [0.717, 1.165) is 6.54 Å². The van der Waals surface area contributed by atoms with Crippen LogP contribution in [0.1, 0.15) is 35.5 Å². The number of hydrogen-bond donors (Lipinski definition) is 2. The summed E-state index contributed by atoms with van der Waals surface area (Å²) in [6.07, 6.45) is 0. The summed E-state index contributed by atoms with van der Waals surface area (Å²) in [6.45, 7) is 7.10. The van der Waals surface area contributed by atoms with Crippen LogP contribution < -0.4 is 5.32 Å². The lowest BCUT2D eigenvalue weighted by atomic mass is 10.0. The van der Waals surface area contributed by atoms with Gasteiger partial charge >= 0.3 is 0 Å². The van der Waals surface area contributed by atoms with Crippen molar-refractivity contribution < 1.29 is 0 Å². The number of H-pyrrole nitrogens is 1. The van der Waals surface area contributed by atoms with Gasteiger partial charge in [-0.2, -0.15) is 5.21 Å². The molecule has 1 aromatic heterocycles. The number of nitrogens with zero attached hydrogens (tertiary/aromatic N) is 3. The first-order chi connectivity index (χ1) is 8.18. The first-order valence-corrected chi connectivity index (χ1v) is 5.70. The van der Waals surface area contributed by atoms with Gasteiger partial charge in [-0.25, -0.2) is 0 Å². The normalized spacial score (nSPS) is 12.6. The second kappa shape index (κ2) is 5.05. The number of hydrogen-bond acceptors (Lipinski definition) is 4. The second-order valence-corrected chi connectivity index (χ2v) is 4.23. The zero-order chi connectivity index (χ0) is 12.3. The summed E-state index contributed by atoms with van der Waals surface area (Å²) < 4.78 is 0. The van der Waals surface area contributed by atoms with Gasteiger partial charge in [-0.15, -0.1) is 10.2 Å². The Kier molecular flexibility index (Phi) is 3.49. The Labute approximate surface area is 101 Å². The fourth-order valence-corrected chi connectivity index (χ4v) is 1.71. The van der Waals surface area contributed by atoms with Crippen molar-refractivity contribution in [2.24, 2.45) is 0 Å². The lowest BCUT2D eigenvalue weighted by molar-refractivity contribution is 0.545. The molecule has 1 atom stereocenters. The molecule has 2 N–H and O–H groups in total. The van der Waals surface area contributed by atoms with E-state index in [4.69, 9.17) is 0 Å². The first kappa shape index (κ1) is 11.7. The van der Waals surface area contributed by atoms with Crippen molar-refractivity contribution >= 4 is 0 Å². The van der Waals surface area contributed by atoms with E-state index in [9.17, 15) is 0 Å². The maximum atomic E-state index is 3.96. The number of benzene rings is 1. The molecule has 1 heterocycles. The molecule has 0 aliphatic carbocycles.